The third-order valence-electron chi connectivity index (χ3n) is 5.04. The average molecular weight is 377 g/mol. The smallest absolute Gasteiger partial charge is 0.317 e. The number of esters is 1. The van der Waals surface area contributed by atoms with Gasteiger partial charge in [0, 0.05) is 24.8 Å². The Morgan fingerprint density at radius 3 is 2.04 bits per heavy atom. The fourth-order valence-corrected chi connectivity index (χ4v) is 3.65. The maximum atomic E-state index is 14.8. The first-order chi connectivity index (χ1) is 12.1. The minimum absolute atomic E-state index is 0.672. The zero-order chi connectivity index (χ0) is 19.9. The number of carbonyl (C=O) groups excluding carboxylic acids is 1. The van der Waals surface area contributed by atoms with Crippen molar-refractivity contribution in [3.63, 3.8) is 0 Å². The fourth-order valence-electron chi connectivity index (χ4n) is 3.65. The molecule has 1 aromatic rings. The number of nitrogens with zero attached hydrogens (tertiary/aromatic N) is 1. The fraction of sp³-hybridized carbons (Fsp3) is 0.529. The number of rotatable bonds is 6. The predicted molar refractivity (Wildman–Crippen MR) is 83.5 cm³/mol. The molecule has 0 radical (unpaired) electrons. The molecule has 9 heteroatoms. The minimum atomic E-state index is -1.99. The summed E-state index contributed by atoms with van der Waals surface area (Å²) in [5.74, 6) is -8.50. The number of methoxy groups -OCH3 is 2. The van der Waals surface area contributed by atoms with Crippen molar-refractivity contribution >= 4 is 12.2 Å². The molecule has 2 rings (SSSR count). The van der Waals surface area contributed by atoms with Crippen LogP contribution in [0.25, 0.3) is 0 Å². The molecule has 0 spiro atoms. The molecule has 1 aliphatic carbocycles. The van der Waals surface area contributed by atoms with Crippen LogP contribution in [0, 0.1) is 34.6 Å². The number of hydrogen-bond donors (Lipinski definition) is 0. The quantitative estimate of drug-likeness (QED) is 0.251. The van der Waals surface area contributed by atoms with Gasteiger partial charge in [-0.3, -0.25) is 4.79 Å². The average Bonchev–Trinajstić information content (AvgIpc) is 3.10. The van der Waals surface area contributed by atoms with Crippen LogP contribution >= 0.6 is 0 Å². The number of halogens is 4. The van der Waals surface area contributed by atoms with E-state index in [0.717, 1.165) is 20.4 Å². The van der Waals surface area contributed by atoms with Crippen LogP contribution in [0.2, 0.25) is 0 Å². The van der Waals surface area contributed by atoms with E-state index in [1.165, 1.54) is 21.0 Å². The molecule has 1 aromatic carbocycles. The molecule has 5 nitrogen and oxygen atoms in total. The highest BCUT2D eigenvalue weighted by atomic mass is 19.2. The van der Waals surface area contributed by atoms with E-state index in [1.807, 2.05) is 0 Å². The van der Waals surface area contributed by atoms with Gasteiger partial charge in [0.2, 0.25) is 0 Å². The molecular formula is C17H19F4NO4. The number of ether oxygens (including phenoxy) is 2. The summed E-state index contributed by atoms with van der Waals surface area (Å²) < 4.78 is 67.6. The van der Waals surface area contributed by atoms with Crippen molar-refractivity contribution in [2.45, 2.75) is 25.9 Å². The highest BCUT2D eigenvalue weighted by Crippen LogP contribution is 2.70. The van der Waals surface area contributed by atoms with Gasteiger partial charge in [-0.05, 0) is 5.41 Å². The van der Waals surface area contributed by atoms with Crippen LogP contribution < -0.4 is 0 Å². The summed E-state index contributed by atoms with van der Waals surface area (Å²) in [5.41, 5.74) is -5.06. The van der Waals surface area contributed by atoms with E-state index in [9.17, 15) is 22.4 Å². The van der Waals surface area contributed by atoms with Crippen LogP contribution in [0.1, 0.15) is 25.0 Å². The largest absolute Gasteiger partial charge is 0.468 e. The first-order valence-corrected chi connectivity index (χ1v) is 7.63. The molecule has 144 valence electrons. The molecule has 1 aliphatic rings. The van der Waals surface area contributed by atoms with E-state index in [1.54, 1.807) is 0 Å². The molecule has 0 aliphatic heterocycles. The Hall–Kier alpha value is -2.16. The van der Waals surface area contributed by atoms with Gasteiger partial charge in [0.1, 0.15) is 12.5 Å². The molecule has 0 bridgehead atoms. The maximum absolute atomic E-state index is 14.8. The van der Waals surface area contributed by atoms with E-state index in [4.69, 9.17) is 4.74 Å². The Kier molecular flexibility index (Phi) is 5.32. The normalized spacial score (nSPS) is 24.0. The van der Waals surface area contributed by atoms with E-state index in [2.05, 4.69) is 14.7 Å². The van der Waals surface area contributed by atoms with Gasteiger partial charge >= 0.3 is 5.97 Å². The molecule has 26 heavy (non-hydrogen) atoms. The first-order valence-electron chi connectivity index (χ1n) is 7.63. The summed E-state index contributed by atoms with van der Waals surface area (Å²) in [6, 6.07) is 0. The molecule has 1 fully saturated rings. The monoisotopic (exact) mass is 377 g/mol. The Bertz CT molecular complexity index is 737. The third kappa shape index (κ3) is 2.48. The SMILES string of the molecule is COCc1c(F)c(F)c(C2(C(=O)OC)C(C=NOC)C2(C)C)c(F)c1F. The van der Waals surface area contributed by atoms with Crippen LogP contribution in [0.3, 0.4) is 0 Å². The van der Waals surface area contributed by atoms with Gasteiger partial charge in [-0.1, -0.05) is 19.0 Å². The molecule has 2 atom stereocenters. The molecule has 0 saturated heterocycles. The van der Waals surface area contributed by atoms with E-state index in [0.29, 0.717) is 0 Å². The van der Waals surface area contributed by atoms with Gasteiger partial charge in [-0.2, -0.15) is 0 Å². The molecule has 0 heterocycles. The standard InChI is InChI=1S/C17H19F4NO4/c1-16(2)9(6-22-26-5)17(16,15(23)25-4)10-13(20)11(18)8(7-24-3)12(19)14(10)21/h6,9H,7H2,1-5H3. The van der Waals surface area contributed by atoms with Crippen molar-refractivity contribution < 1.29 is 36.7 Å². The summed E-state index contributed by atoms with van der Waals surface area (Å²) in [5, 5.41) is 3.53. The van der Waals surface area contributed by atoms with Crippen molar-refractivity contribution in [3.05, 3.63) is 34.4 Å². The van der Waals surface area contributed by atoms with Crippen LogP contribution in [-0.4, -0.2) is 33.5 Å². The molecular weight excluding hydrogens is 358 g/mol. The van der Waals surface area contributed by atoms with E-state index >= 15 is 0 Å². The van der Waals surface area contributed by atoms with Gasteiger partial charge in [0.15, 0.2) is 23.3 Å². The second kappa shape index (κ2) is 6.86. The zero-order valence-corrected chi connectivity index (χ0v) is 15.0. The lowest BCUT2D eigenvalue weighted by atomic mass is 9.85. The van der Waals surface area contributed by atoms with Crippen molar-refractivity contribution in [1.82, 2.24) is 0 Å². The lowest BCUT2D eigenvalue weighted by Gasteiger charge is -2.21. The van der Waals surface area contributed by atoms with Crippen LogP contribution in [0.4, 0.5) is 17.6 Å². The molecule has 0 N–H and O–H groups in total. The summed E-state index contributed by atoms with van der Waals surface area (Å²) in [7, 11) is 3.39. The van der Waals surface area contributed by atoms with Gasteiger partial charge in [-0.25, -0.2) is 17.6 Å². The second-order valence-corrected chi connectivity index (χ2v) is 6.48. The van der Waals surface area contributed by atoms with Gasteiger partial charge in [0.25, 0.3) is 0 Å². The third-order valence-corrected chi connectivity index (χ3v) is 5.04. The second-order valence-electron chi connectivity index (χ2n) is 6.48. The Morgan fingerprint density at radius 2 is 1.62 bits per heavy atom. The Balaban J connectivity index is 2.81. The summed E-state index contributed by atoms with van der Waals surface area (Å²) in [6.07, 6.45) is 1.16. The number of benzene rings is 1. The van der Waals surface area contributed by atoms with Crippen LogP contribution in [0.15, 0.2) is 5.16 Å². The van der Waals surface area contributed by atoms with Gasteiger partial charge < -0.3 is 14.3 Å². The Labute approximate surface area is 147 Å². The van der Waals surface area contributed by atoms with E-state index < -0.39 is 63.7 Å². The highest BCUT2D eigenvalue weighted by Gasteiger charge is 2.78. The Morgan fingerprint density at radius 1 is 1.08 bits per heavy atom. The van der Waals surface area contributed by atoms with Crippen molar-refractivity contribution in [1.29, 1.82) is 0 Å². The molecule has 0 amide bonds. The molecule has 0 aromatic heterocycles. The molecule has 1 saturated carbocycles. The van der Waals surface area contributed by atoms with Gasteiger partial charge in [0.05, 0.1) is 19.3 Å². The van der Waals surface area contributed by atoms with Crippen LogP contribution in [0.5, 0.6) is 0 Å². The lowest BCUT2D eigenvalue weighted by molar-refractivity contribution is -0.145. The lowest BCUT2D eigenvalue weighted by Crippen LogP contribution is -2.32. The predicted octanol–water partition coefficient (Wildman–Crippen LogP) is 3.09. The summed E-state index contributed by atoms with van der Waals surface area (Å²) >= 11 is 0. The van der Waals surface area contributed by atoms with Crippen molar-refractivity contribution in [2.24, 2.45) is 16.5 Å². The first kappa shape index (κ1) is 20.2. The topological polar surface area (TPSA) is 57.1 Å². The van der Waals surface area contributed by atoms with Crippen molar-refractivity contribution in [3.8, 4) is 0 Å². The zero-order valence-electron chi connectivity index (χ0n) is 15.0. The van der Waals surface area contributed by atoms with Gasteiger partial charge in [-0.15, -0.1) is 0 Å². The maximum Gasteiger partial charge on any atom is 0.317 e. The summed E-state index contributed by atoms with van der Waals surface area (Å²) in [4.78, 5) is 17.0. The summed E-state index contributed by atoms with van der Waals surface area (Å²) in [6.45, 7) is 2.34. The number of carbonyl (C=O) groups is 1. The molecule has 2 unspecified atom stereocenters. The van der Waals surface area contributed by atoms with E-state index in [-0.39, 0.29) is 0 Å². The van der Waals surface area contributed by atoms with Crippen LogP contribution in [-0.2, 0) is 31.1 Å². The number of oxime groups is 1. The highest BCUT2D eigenvalue weighted by molar-refractivity contribution is 5.96. The minimum Gasteiger partial charge on any atom is -0.468 e. The van der Waals surface area contributed by atoms with Crippen molar-refractivity contribution in [2.75, 3.05) is 21.3 Å². The number of hydrogen-bond acceptors (Lipinski definition) is 5.